The molecular formula is C17H11BrCl2N2O3. The molecule has 2 rings (SSSR count). The number of phenols is 1. The fourth-order valence-electron chi connectivity index (χ4n) is 1.93. The van der Waals surface area contributed by atoms with Gasteiger partial charge in [0.1, 0.15) is 11.6 Å². The molecule has 2 aromatic carbocycles. The number of rotatable bonds is 4. The first-order valence-electron chi connectivity index (χ1n) is 6.80. The summed E-state index contributed by atoms with van der Waals surface area (Å²) < 4.78 is 5.41. The molecule has 0 bridgehead atoms. The number of hydrogen-bond acceptors (Lipinski definition) is 4. The summed E-state index contributed by atoms with van der Waals surface area (Å²) >= 11 is 15.1. The molecule has 0 unspecified atom stereocenters. The molecule has 25 heavy (non-hydrogen) atoms. The van der Waals surface area contributed by atoms with E-state index in [2.05, 4.69) is 21.2 Å². The van der Waals surface area contributed by atoms with Gasteiger partial charge in [0.25, 0.3) is 5.91 Å². The maximum absolute atomic E-state index is 12.3. The first kappa shape index (κ1) is 19.1. The zero-order valence-corrected chi connectivity index (χ0v) is 15.9. The molecule has 2 aromatic rings. The molecule has 8 heteroatoms. The SMILES string of the molecule is COc1cc(/C=C(/C#N)C(=O)Nc2cc(Cl)ccc2Cl)cc(Br)c1O. The Kier molecular flexibility index (Phi) is 6.32. The van der Waals surface area contributed by atoms with Crippen LogP contribution in [0.1, 0.15) is 5.56 Å². The van der Waals surface area contributed by atoms with Crippen LogP contribution in [0.4, 0.5) is 5.69 Å². The van der Waals surface area contributed by atoms with Crippen molar-refractivity contribution < 1.29 is 14.6 Å². The molecule has 128 valence electrons. The molecule has 0 radical (unpaired) electrons. The van der Waals surface area contributed by atoms with E-state index in [1.54, 1.807) is 12.1 Å². The molecular weight excluding hydrogens is 431 g/mol. The highest BCUT2D eigenvalue weighted by Crippen LogP contribution is 2.35. The van der Waals surface area contributed by atoms with Gasteiger partial charge < -0.3 is 15.2 Å². The van der Waals surface area contributed by atoms with E-state index in [0.29, 0.717) is 25.8 Å². The molecule has 0 heterocycles. The maximum Gasteiger partial charge on any atom is 0.266 e. The molecule has 1 amide bonds. The summed E-state index contributed by atoms with van der Waals surface area (Å²) in [5.41, 5.74) is 0.630. The number of phenolic OH excluding ortho intramolecular Hbond substituents is 1. The number of nitrogens with zero attached hydrogens (tertiary/aromatic N) is 1. The second-order valence-electron chi connectivity index (χ2n) is 4.80. The smallest absolute Gasteiger partial charge is 0.266 e. The predicted octanol–water partition coefficient (Wildman–Crippen LogP) is 5.02. The van der Waals surface area contributed by atoms with Crippen molar-refractivity contribution in [2.75, 3.05) is 12.4 Å². The van der Waals surface area contributed by atoms with E-state index in [1.807, 2.05) is 6.07 Å². The molecule has 0 spiro atoms. The second-order valence-corrected chi connectivity index (χ2v) is 6.50. The minimum Gasteiger partial charge on any atom is -0.503 e. The Balaban J connectivity index is 2.34. The number of anilines is 1. The van der Waals surface area contributed by atoms with Crippen molar-refractivity contribution in [2.45, 2.75) is 0 Å². The molecule has 0 aliphatic carbocycles. The standard InChI is InChI=1S/C17H11BrCl2N2O3/c1-25-15-6-9(5-12(18)16(15)23)4-10(8-21)17(24)22-14-7-11(19)2-3-13(14)20/h2-7,23H,1H3,(H,22,24)/b10-4-. The van der Waals surface area contributed by atoms with Crippen LogP contribution in [0, 0.1) is 11.3 Å². The van der Waals surface area contributed by atoms with Gasteiger partial charge in [-0.2, -0.15) is 5.26 Å². The van der Waals surface area contributed by atoms with Gasteiger partial charge in [-0.15, -0.1) is 0 Å². The van der Waals surface area contributed by atoms with Crippen molar-refractivity contribution in [1.29, 1.82) is 5.26 Å². The quantitative estimate of drug-likeness (QED) is 0.515. The number of ether oxygens (including phenoxy) is 1. The predicted molar refractivity (Wildman–Crippen MR) is 101 cm³/mol. The number of halogens is 3. The van der Waals surface area contributed by atoms with E-state index in [-0.39, 0.29) is 17.1 Å². The fraction of sp³-hybridized carbons (Fsp3) is 0.0588. The lowest BCUT2D eigenvalue weighted by atomic mass is 10.1. The minimum atomic E-state index is -0.644. The summed E-state index contributed by atoms with van der Waals surface area (Å²) in [5.74, 6) is -0.514. The van der Waals surface area contributed by atoms with Crippen molar-refractivity contribution >= 4 is 56.8 Å². The van der Waals surface area contributed by atoms with E-state index in [1.165, 1.54) is 31.4 Å². The van der Waals surface area contributed by atoms with Gasteiger partial charge in [0.05, 0.1) is 22.3 Å². The third kappa shape index (κ3) is 4.67. The van der Waals surface area contributed by atoms with Crippen molar-refractivity contribution in [2.24, 2.45) is 0 Å². The normalized spacial score (nSPS) is 10.9. The largest absolute Gasteiger partial charge is 0.503 e. The van der Waals surface area contributed by atoms with Crippen LogP contribution in [-0.2, 0) is 4.79 Å². The fourth-order valence-corrected chi connectivity index (χ4v) is 2.73. The number of benzene rings is 2. The Labute approximate surface area is 162 Å². The van der Waals surface area contributed by atoms with Crippen LogP contribution >= 0.6 is 39.1 Å². The second kappa shape index (κ2) is 8.26. The maximum atomic E-state index is 12.3. The lowest BCUT2D eigenvalue weighted by Gasteiger charge is -2.08. The molecule has 0 aliphatic heterocycles. The van der Waals surface area contributed by atoms with E-state index >= 15 is 0 Å². The van der Waals surface area contributed by atoms with Gasteiger partial charge in [-0.25, -0.2) is 0 Å². The Hall–Kier alpha value is -2.20. The average Bonchev–Trinajstić information content (AvgIpc) is 2.58. The third-order valence-electron chi connectivity index (χ3n) is 3.12. The molecule has 0 atom stereocenters. The monoisotopic (exact) mass is 440 g/mol. The lowest BCUT2D eigenvalue weighted by molar-refractivity contribution is -0.112. The van der Waals surface area contributed by atoms with Crippen LogP contribution in [0.2, 0.25) is 10.0 Å². The molecule has 0 aromatic heterocycles. The third-order valence-corrected chi connectivity index (χ3v) is 4.29. The van der Waals surface area contributed by atoms with E-state index < -0.39 is 5.91 Å². The number of aromatic hydroxyl groups is 1. The van der Waals surface area contributed by atoms with Gasteiger partial charge in [0.2, 0.25) is 0 Å². The molecule has 0 saturated heterocycles. The van der Waals surface area contributed by atoms with E-state index in [0.717, 1.165) is 0 Å². The van der Waals surface area contributed by atoms with Crippen LogP contribution in [0.15, 0.2) is 40.4 Å². The summed E-state index contributed by atoms with van der Waals surface area (Å²) in [6.07, 6.45) is 1.36. The van der Waals surface area contributed by atoms with E-state index in [4.69, 9.17) is 27.9 Å². The minimum absolute atomic E-state index is 0.0756. The number of nitriles is 1. The highest BCUT2D eigenvalue weighted by atomic mass is 79.9. The molecule has 5 nitrogen and oxygen atoms in total. The number of methoxy groups -OCH3 is 1. The van der Waals surface area contributed by atoms with Gasteiger partial charge >= 0.3 is 0 Å². The number of nitrogens with one attached hydrogen (secondary N) is 1. The Bertz CT molecular complexity index is 907. The summed E-state index contributed by atoms with van der Waals surface area (Å²) in [7, 11) is 1.40. The first-order chi connectivity index (χ1) is 11.8. The summed E-state index contributed by atoms with van der Waals surface area (Å²) in [5, 5.41) is 22.3. The zero-order valence-electron chi connectivity index (χ0n) is 12.8. The zero-order chi connectivity index (χ0) is 18.6. The van der Waals surface area contributed by atoms with Crippen LogP contribution in [0.25, 0.3) is 6.08 Å². The molecule has 0 aliphatic rings. The van der Waals surface area contributed by atoms with Crippen molar-refractivity contribution in [3.63, 3.8) is 0 Å². The van der Waals surface area contributed by atoms with Crippen LogP contribution in [0.5, 0.6) is 11.5 Å². The Morgan fingerprint density at radius 3 is 2.72 bits per heavy atom. The lowest BCUT2D eigenvalue weighted by Crippen LogP contribution is -2.13. The van der Waals surface area contributed by atoms with Crippen LogP contribution in [0.3, 0.4) is 0 Å². The molecule has 0 fully saturated rings. The summed E-state index contributed by atoms with van der Waals surface area (Å²) in [6, 6.07) is 9.48. The summed E-state index contributed by atoms with van der Waals surface area (Å²) in [4.78, 5) is 12.3. The number of carbonyl (C=O) groups excluding carboxylic acids is 1. The first-order valence-corrected chi connectivity index (χ1v) is 8.35. The van der Waals surface area contributed by atoms with Gasteiger partial charge in [0, 0.05) is 5.02 Å². The number of carbonyl (C=O) groups is 1. The highest BCUT2D eigenvalue weighted by molar-refractivity contribution is 9.10. The van der Waals surface area contributed by atoms with E-state index in [9.17, 15) is 15.2 Å². The topological polar surface area (TPSA) is 82.3 Å². The highest BCUT2D eigenvalue weighted by Gasteiger charge is 2.14. The number of hydrogen-bond donors (Lipinski definition) is 2. The Morgan fingerprint density at radius 2 is 2.08 bits per heavy atom. The molecule has 2 N–H and O–H groups in total. The van der Waals surface area contributed by atoms with Gasteiger partial charge in [-0.3, -0.25) is 4.79 Å². The van der Waals surface area contributed by atoms with Gasteiger partial charge in [-0.05, 0) is 57.9 Å². The van der Waals surface area contributed by atoms with Crippen LogP contribution < -0.4 is 10.1 Å². The van der Waals surface area contributed by atoms with Crippen molar-refractivity contribution in [1.82, 2.24) is 0 Å². The van der Waals surface area contributed by atoms with Crippen molar-refractivity contribution in [3.8, 4) is 17.6 Å². The summed E-state index contributed by atoms with van der Waals surface area (Å²) in [6.45, 7) is 0. The number of amides is 1. The average molecular weight is 442 g/mol. The van der Waals surface area contributed by atoms with Crippen molar-refractivity contribution in [3.05, 3.63) is 56.0 Å². The Morgan fingerprint density at radius 1 is 1.36 bits per heavy atom. The van der Waals surface area contributed by atoms with Gasteiger partial charge in [-0.1, -0.05) is 23.2 Å². The van der Waals surface area contributed by atoms with Crippen LogP contribution in [-0.4, -0.2) is 18.1 Å². The molecule has 0 saturated carbocycles. The van der Waals surface area contributed by atoms with Gasteiger partial charge in [0.15, 0.2) is 11.5 Å².